The number of amides is 1. The van der Waals surface area contributed by atoms with E-state index in [4.69, 9.17) is 10.3 Å². The van der Waals surface area contributed by atoms with Crippen molar-refractivity contribution in [1.29, 1.82) is 0 Å². The molecule has 0 saturated heterocycles. The zero-order valence-corrected chi connectivity index (χ0v) is 10.7. The Balaban J connectivity index is 2.35. The maximum atomic E-state index is 11.6. The average Bonchev–Trinajstić information content (AvgIpc) is 2.61. The van der Waals surface area contributed by atoms with E-state index in [1.165, 1.54) is 0 Å². The lowest BCUT2D eigenvalue weighted by Crippen LogP contribution is -2.20. The molecule has 1 aromatic rings. The molecule has 1 amide bonds. The second kappa shape index (κ2) is 5.82. The molecule has 0 aromatic carbocycles. The van der Waals surface area contributed by atoms with Gasteiger partial charge in [-0.05, 0) is 31.7 Å². The fourth-order valence-corrected chi connectivity index (χ4v) is 1.59. The van der Waals surface area contributed by atoms with Crippen LogP contribution in [0.15, 0.2) is 10.6 Å². The third kappa shape index (κ3) is 4.99. The quantitative estimate of drug-likeness (QED) is 0.796. The molecular formula is C12H21N3O2. The van der Waals surface area contributed by atoms with Crippen LogP contribution in [0.3, 0.4) is 0 Å². The van der Waals surface area contributed by atoms with Gasteiger partial charge in [-0.3, -0.25) is 10.1 Å². The Bertz CT molecular complexity index is 372. The molecule has 5 heteroatoms. The van der Waals surface area contributed by atoms with Crippen LogP contribution in [0.5, 0.6) is 0 Å². The number of nitrogens with two attached hydrogens (primary N) is 1. The summed E-state index contributed by atoms with van der Waals surface area (Å²) in [5, 5.41) is 6.38. The van der Waals surface area contributed by atoms with Crippen molar-refractivity contribution in [3.05, 3.63) is 11.8 Å². The minimum atomic E-state index is -0.0498. The van der Waals surface area contributed by atoms with Gasteiger partial charge < -0.3 is 10.3 Å². The predicted molar refractivity (Wildman–Crippen MR) is 66.6 cm³/mol. The monoisotopic (exact) mass is 239 g/mol. The van der Waals surface area contributed by atoms with Crippen molar-refractivity contribution in [2.24, 2.45) is 11.1 Å². The third-order valence-electron chi connectivity index (χ3n) is 2.74. The summed E-state index contributed by atoms with van der Waals surface area (Å²) in [5.41, 5.74) is 6.38. The van der Waals surface area contributed by atoms with Gasteiger partial charge >= 0.3 is 0 Å². The van der Waals surface area contributed by atoms with E-state index in [0.29, 0.717) is 18.8 Å². The standard InChI is InChI=1S/C12H21N3O2/c1-9-8-11(17-15-9)14-10(16)4-5-12(2,3)6-7-13/h8H,4-7,13H2,1-3H3,(H,14,16). The first-order chi connectivity index (χ1) is 7.93. The van der Waals surface area contributed by atoms with Crippen molar-refractivity contribution < 1.29 is 9.32 Å². The van der Waals surface area contributed by atoms with Gasteiger partial charge in [0, 0.05) is 12.5 Å². The molecule has 0 aliphatic carbocycles. The molecule has 0 saturated carbocycles. The van der Waals surface area contributed by atoms with Crippen LogP contribution in [-0.4, -0.2) is 17.6 Å². The average molecular weight is 239 g/mol. The highest BCUT2D eigenvalue weighted by atomic mass is 16.5. The van der Waals surface area contributed by atoms with Gasteiger partial charge in [0.25, 0.3) is 0 Å². The molecule has 3 N–H and O–H groups in total. The lowest BCUT2D eigenvalue weighted by atomic mass is 9.84. The third-order valence-corrected chi connectivity index (χ3v) is 2.74. The molecule has 0 aliphatic heterocycles. The first kappa shape index (κ1) is 13.7. The number of nitrogens with zero attached hydrogens (tertiary/aromatic N) is 1. The van der Waals surface area contributed by atoms with E-state index in [1.54, 1.807) is 6.07 Å². The summed E-state index contributed by atoms with van der Waals surface area (Å²) < 4.78 is 4.91. The van der Waals surface area contributed by atoms with Gasteiger partial charge in [-0.15, -0.1) is 0 Å². The summed E-state index contributed by atoms with van der Waals surface area (Å²) in [4.78, 5) is 11.6. The Morgan fingerprint density at radius 3 is 2.76 bits per heavy atom. The van der Waals surface area contributed by atoms with Crippen LogP contribution < -0.4 is 11.1 Å². The first-order valence-corrected chi connectivity index (χ1v) is 5.86. The maximum Gasteiger partial charge on any atom is 0.231 e. The number of aryl methyl sites for hydroxylation is 1. The van der Waals surface area contributed by atoms with Crippen LogP contribution in [0.25, 0.3) is 0 Å². The summed E-state index contributed by atoms with van der Waals surface area (Å²) in [6.45, 7) is 6.69. The Morgan fingerprint density at radius 1 is 1.53 bits per heavy atom. The molecule has 0 atom stereocenters. The van der Waals surface area contributed by atoms with Gasteiger partial charge in [-0.2, -0.15) is 0 Å². The number of hydrogen-bond donors (Lipinski definition) is 2. The fraction of sp³-hybridized carbons (Fsp3) is 0.667. The molecule has 1 rings (SSSR count). The van der Waals surface area contributed by atoms with Crippen LogP contribution in [0.2, 0.25) is 0 Å². The minimum absolute atomic E-state index is 0.0498. The van der Waals surface area contributed by atoms with Gasteiger partial charge in [-0.25, -0.2) is 0 Å². The van der Waals surface area contributed by atoms with E-state index in [2.05, 4.69) is 24.3 Å². The van der Waals surface area contributed by atoms with Crippen molar-refractivity contribution in [3.63, 3.8) is 0 Å². The predicted octanol–water partition coefficient (Wildman–Crippen LogP) is 2.08. The Labute approximate surface area is 102 Å². The Kier molecular flexibility index (Phi) is 4.69. The lowest BCUT2D eigenvalue weighted by Gasteiger charge is -2.23. The van der Waals surface area contributed by atoms with Gasteiger partial charge in [0.05, 0.1) is 5.69 Å². The summed E-state index contributed by atoms with van der Waals surface area (Å²) in [6, 6.07) is 1.70. The normalized spacial score (nSPS) is 11.5. The van der Waals surface area contributed by atoms with E-state index in [9.17, 15) is 4.79 Å². The van der Waals surface area contributed by atoms with Gasteiger partial charge in [0.1, 0.15) is 0 Å². The second-order valence-electron chi connectivity index (χ2n) is 5.08. The molecule has 0 radical (unpaired) electrons. The van der Waals surface area contributed by atoms with Gasteiger partial charge in [0.15, 0.2) is 0 Å². The molecule has 0 bridgehead atoms. The number of nitrogens with one attached hydrogen (secondary N) is 1. The zero-order chi connectivity index (χ0) is 12.9. The number of carbonyl (C=O) groups excluding carboxylic acids is 1. The van der Waals surface area contributed by atoms with Crippen molar-refractivity contribution >= 4 is 11.8 Å². The first-order valence-electron chi connectivity index (χ1n) is 5.86. The number of hydrogen-bond acceptors (Lipinski definition) is 4. The summed E-state index contributed by atoms with van der Waals surface area (Å²) >= 11 is 0. The van der Waals surface area contributed by atoms with Crippen LogP contribution in [0.4, 0.5) is 5.88 Å². The molecule has 0 unspecified atom stereocenters. The second-order valence-corrected chi connectivity index (χ2v) is 5.08. The SMILES string of the molecule is Cc1cc(NC(=O)CCC(C)(C)CCN)on1. The van der Waals surface area contributed by atoms with E-state index < -0.39 is 0 Å². The molecule has 5 nitrogen and oxygen atoms in total. The Morgan fingerprint density at radius 2 is 2.24 bits per heavy atom. The molecule has 0 spiro atoms. The maximum absolute atomic E-state index is 11.6. The highest BCUT2D eigenvalue weighted by Gasteiger charge is 2.18. The van der Waals surface area contributed by atoms with Crippen LogP contribution >= 0.6 is 0 Å². The van der Waals surface area contributed by atoms with Gasteiger partial charge in [-0.1, -0.05) is 19.0 Å². The number of anilines is 1. The number of aromatic nitrogens is 1. The smallest absolute Gasteiger partial charge is 0.231 e. The molecule has 17 heavy (non-hydrogen) atoms. The Hall–Kier alpha value is -1.36. The van der Waals surface area contributed by atoms with Crippen molar-refractivity contribution in [1.82, 2.24) is 5.16 Å². The van der Waals surface area contributed by atoms with E-state index in [0.717, 1.165) is 18.5 Å². The van der Waals surface area contributed by atoms with Crippen LogP contribution in [-0.2, 0) is 4.79 Å². The molecule has 1 heterocycles. The number of rotatable bonds is 6. The zero-order valence-electron chi connectivity index (χ0n) is 10.7. The van der Waals surface area contributed by atoms with E-state index in [-0.39, 0.29) is 11.3 Å². The summed E-state index contributed by atoms with van der Waals surface area (Å²) in [6.07, 6.45) is 2.19. The lowest BCUT2D eigenvalue weighted by molar-refractivity contribution is -0.116. The van der Waals surface area contributed by atoms with Crippen LogP contribution in [0, 0.1) is 12.3 Å². The molecule has 1 aromatic heterocycles. The van der Waals surface area contributed by atoms with E-state index in [1.807, 2.05) is 6.92 Å². The van der Waals surface area contributed by atoms with Crippen LogP contribution in [0.1, 0.15) is 38.8 Å². The van der Waals surface area contributed by atoms with E-state index >= 15 is 0 Å². The summed E-state index contributed by atoms with van der Waals surface area (Å²) in [7, 11) is 0. The summed E-state index contributed by atoms with van der Waals surface area (Å²) in [5.74, 6) is 0.357. The van der Waals surface area contributed by atoms with Crippen molar-refractivity contribution in [3.8, 4) is 0 Å². The largest absolute Gasteiger partial charge is 0.338 e. The minimum Gasteiger partial charge on any atom is -0.338 e. The molecule has 0 fully saturated rings. The van der Waals surface area contributed by atoms with Crippen molar-refractivity contribution in [2.45, 2.75) is 40.0 Å². The topological polar surface area (TPSA) is 81.2 Å². The highest BCUT2D eigenvalue weighted by Crippen LogP contribution is 2.26. The fourth-order valence-electron chi connectivity index (χ4n) is 1.59. The molecular weight excluding hydrogens is 218 g/mol. The number of carbonyl (C=O) groups is 1. The highest BCUT2D eigenvalue weighted by molar-refractivity contribution is 5.89. The molecule has 96 valence electrons. The molecule has 0 aliphatic rings. The van der Waals surface area contributed by atoms with Gasteiger partial charge in [0.2, 0.25) is 11.8 Å². The van der Waals surface area contributed by atoms with Crippen molar-refractivity contribution in [2.75, 3.05) is 11.9 Å².